The Bertz CT molecular complexity index is 232. The molecule has 0 aliphatic carbocycles. The third-order valence-electron chi connectivity index (χ3n) is 2.46. The summed E-state index contributed by atoms with van der Waals surface area (Å²) in [6, 6.07) is -0.0170. The van der Waals surface area contributed by atoms with Crippen LogP contribution < -0.4 is 11.1 Å². The molecule has 1 unspecified atom stereocenters. The van der Waals surface area contributed by atoms with Crippen molar-refractivity contribution in [1.82, 2.24) is 5.32 Å². The van der Waals surface area contributed by atoms with Gasteiger partial charge in [0.2, 0.25) is 0 Å². The number of carbonyl (C=O) groups excluding carboxylic acids is 1. The van der Waals surface area contributed by atoms with Crippen LogP contribution in [-0.4, -0.2) is 31.2 Å². The van der Waals surface area contributed by atoms with Gasteiger partial charge in [0.1, 0.15) is 5.60 Å². The zero-order chi connectivity index (χ0) is 13.0. The molecule has 1 atom stereocenters. The highest BCUT2D eigenvalue weighted by Gasteiger charge is 2.27. The summed E-state index contributed by atoms with van der Waals surface area (Å²) in [6.45, 7) is 10.4. The van der Waals surface area contributed by atoms with Crippen molar-refractivity contribution in [1.29, 1.82) is 0 Å². The van der Waals surface area contributed by atoms with Crippen LogP contribution in [0.25, 0.3) is 0 Å². The van der Waals surface area contributed by atoms with E-state index in [1.807, 2.05) is 0 Å². The molecule has 4 heteroatoms. The van der Waals surface area contributed by atoms with E-state index in [-0.39, 0.29) is 17.4 Å². The molecule has 0 aromatic carbocycles. The topological polar surface area (TPSA) is 64.3 Å². The summed E-state index contributed by atoms with van der Waals surface area (Å²) in [4.78, 5) is 11.7. The van der Waals surface area contributed by atoms with Crippen LogP contribution in [0.4, 0.5) is 0 Å². The molecule has 3 N–H and O–H groups in total. The second-order valence-corrected chi connectivity index (χ2v) is 5.95. The Morgan fingerprint density at radius 2 is 1.81 bits per heavy atom. The minimum absolute atomic E-state index is 0.0170. The van der Waals surface area contributed by atoms with Gasteiger partial charge in [0.05, 0.1) is 0 Å². The molecule has 0 aliphatic heterocycles. The van der Waals surface area contributed by atoms with Crippen LogP contribution >= 0.6 is 0 Å². The average Bonchev–Trinajstić information content (AvgIpc) is 2.11. The van der Waals surface area contributed by atoms with E-state index in [2.05, 4.69) is 26.1 Å². The second-order valence-electron chi connectivity index (χ2n) is 5.95. The van der Waals surface area contributed by atoms with Crippen molar-refractivity contribution in [2.24, 2.45) is 11.1 Å². The van der Waals surface area contributed by atoms with E-state index in [9.17, 15) is 4.79 Å². The first-order valence-electron chi connectivity index (χ1n) is 5.67. The molecule has 0 aromatic heterocycles. The molecule has 0 heterocycles. The lowest BCUT2D eigenvalue weighted by Crippen LogP contribution is -2.48. The van der Waals surface area contributed by atoms with Gasteiger partial charge in [0, 0.05) is 19.7 Å². The second kappa shape index (κ2) is 5.64. The summed E-state index contributed by atoms with van der Waals surface area (Å²) in [7, 11) is 1.52. The number of rotatable bonds is 5. The van der Waals surface area contributed by atoms with E-state index in [1.54, 1.807) is 13.8 Å². The third kappa shape index (κ3) is 6.08. The Hall–Kier alpha value is -0.610. The Morgan fingerprint density at radius 1 is 1.31 bits per heavy atom. The Kier molecular flexibility index (Phi) is 5.42. The number of hydrogen-bond acceptors (Lipinski definition) is 3. The predicted molar refractivity (Wildman–Crippen MR) is 66.1 cm³/mol. The van der Waals surface area contributed by atoms with Gasteiger partial charge in [0.15, 0.2) is 0 Å². The zero-order valence-corrected chi connectivity index (χ0v) is 11.4. The van der Waals surface area contributed by atoms with Crippen LogP contribution in [0.2, 0.25) is 0 Å². The van der Waals surface area contributed by atoms with Crippen LogP contribution in [0.5, 0.6) is 0 Å². The molecule has 96 valence electrons. The number of ether oxygens (including phenoxy) is 1. The summed E-state index contributed by atoms with van der Waals surface area (Å²) in [6.07, 6.45) is 0.876. The molecule has 4 nitrogen and oxygen atoms in total. The smallest absolute Gasteiger partial charge is 0.251 e. The van der Waals surface area contributed by atoms with E-state index in [0.29, 0.717) is 6.54 Å². The van der Waals surface area contributed by atoms with Crippen LogP contribution in [0.1, 0.15) is 41.0 Å². The third-order valence-corrected chi connectivity index (χ3v) is 2.46. The van der Waals surface area contributed by atoms with Crippen molar-refractivity contribution in [3.63, 3.8) is 0 Å². The molecule has 0 saturated heterocycles. The minimum Gasteiger partial charge on any atom is -0.369 e. The average molecular weight is 230 g/mol. The van der Waals surface area contributed by atoms with E-state index in [1.165, 1.54) is 7.11 Å². The first kappa shape index (κ1) is 15.4. The van der Waals surface area contributed by atoms with E-state index in [4.69, 9.17) is 10.5 Å². The number of methoxy groups -OCH3 is 1. The number of nitrogens with one attached hydrogen (secondary N) is 1. The van der Waals surface area contributed by atoms with Gasteiger partial charge in [-0.3, -0.25) is 4.79 Å². The van der Waals surface area contributed by atoms with Gasteiger partial charge in [-0.15, -0.1) is 0 Å². The van der Waals surface area contributed by atoms with Gasteiger partial charge in [-0.2, -0.15) is 0 Å². The Morgan fingerprint density at radius 3 is 2.19 bits per heavy atom. The molecular weight excluding hydrogens is 204 g/mol. The van der Waals surface area contributed by atoms with E-state index >= 15 is 0 Å². The van der Waals surface area contributed by atoms with E-state index in [0.717, 1.165) is 6.42 Å². The van der Waals surface area contributed by atoms with E-state index < -0.39 is 5.60 Å². The normalized spacial score (nSPS) is 14.7. The fourth-order valence-corrected chi connectivity index (χ4v) is 1.39. The molecule has 0 bridgehead atoms. The van der Waals surface area contributed by atoms with Crippen LogP contribution in [0, 0.1) is 5.41 Å². The van der Waals surface area contributed by atoms with Gasteiger partial charge in [-0.1, -0.05) is 20.8 Å². The van der Waals surface area contributed by atoms with Gasteiger partial charge in [-0.05, 0) is 25.7 Å². The largest absolute Gasteiger partial charge is 0.369 e. The van der Waals surface area contributed by atoms with Crippen molar-refractivity contribution >= 4 is 5.91 Å². The first-order chi connectivity index (χ1) is 7.08. The van der Waals surface area contributed by atoms with Gasteiger partial charge in [-0.25, -0.2) is 0 Å². The van der Waals surface area contributed by atoms with Crippen molar-refractivity contribution in [3.05, 3.63) is 0 Å². The summed E-state index contributed by atoms with van der Waals surface area (Å²) < 4.78 is 5.08. The molecule has 16 heavy (non-hydrogen) atoms. The fourth-order valence-electron chi connectivity index (χ4n) is 1.39. The first-order valence-corrected chi connectivity index (χ1v) is 5.67. The fraction of sp³-hybridized carbons (Fsp3) is 0.917. The SMILES string of the molecule is COC(C)(C)C(=O)NCC(N)CC(C)(C)C. The maximum absolute atomic E-state index is 11.7. The maximum atomic E-state index is 11.7. The number of hydrogen-bond donors (Lipinski definition) is 2. The number of amides is 1. The highest BCUT2D eigenvalue weighted by atomic mass is 16.5. The van der Waals surface area contributed by atoms with Crippen LogP contribution in [0.15, 0.2) is 0 Å². The van der Waals surface area contributed by atoms with Gasteiger partial charge >= 0.3 is 0 Å². The predicted octanol–water partition coefficient (Wildman–Crippen LogP) is 1.29. The molecule has 1 amide bonds. The minimum atomic E-state index is -0.790. The van der Waals surface area contributed by atoms with Crippen LogP contribution in [0.3, 0.4) is 0 Å². The zero-order valence-electron chi connectivity index (χ0n) is 11.4. The highest BCUT2D eigenvalue weighted by Crippen LogP contribution is 2.19. The standard InChI is InChI=1S/C12H26N2O2/c1-11(2,3)7-9(13)8-14-10(15)12(4,5)16-6/h9H,7-8,13H2,1-6H3,(H,14,15). The number of carbonyl (C=O) groups is 1. The highest BCUT2D eigenvalue weighted by molar-refractivity contribution is 5.84. The van der Waals surface area contributed by atoms with Crippen molar-refractivity contribution in [3.8, 4) is 0 Å². The molecule has 0 fully saturated rings. The monoisotopic (exact) mass is 230 g/mol. The molecule has 0 radical (unpaired) electrons. The number of nitrogens with two attached hydrogens (primary N) is 1. The van der Waals surface area contributed by atoms with Crippen molar-refractivity contribution < 1.29 is 9.53 Å². The summed E-state index contributed by atoms with van der Waals surface area (Å²) in [5, 5.41) is 2.81. The Balaban J connectivity index is 4.02. The summed E-state index contributed by atoms with van der Waals surface area (Å²) in [5.41, 5.74) is 5.33. The molecule has 0 saturated carbocycles. The lowest BCUT2D eigenvalue weighted by Gasteiger charge is -2.26. The molecule has 0 aliphatic rings. The summed E-state index contributed by atoms with van der Waals surface area (Å²) in [5.74, 6) is -0.126. The lowest BCUT2D eigenvalue weighted by atomic mass is 9.88. The molecule has 0 rings (SSSR count). The summed E-state index contributed by atoms with van der Waals surface area (Å²) >= 11 is 0. The van der Waals surface area contributed by atoms with Gasteiger partial charge in [0.25, 0.3) is 5.91 Å². The quantitative estimate of drug-likeness (QED) is 0.748. The molecule has 0 aromatic rings. The van der Waals surface area contributed by atoms with Crippen molar-refractivity contribution in [2.45, 2.75) is 52.7 Å². The lowest BCUT2D eigenvalue weighted by molar-refractivity contribution is -0.139. The Labute approximate surface area is 98.9 Å². The van der Waals surface area contributed by atoms with Gasteiger partial charge < -0.3 is 15.8 Å². The van der Waals surface area contributed by atoms with Crippen LogP contribution in [-0.2, 0) is 9.53 Å². The molecule has 0 spiro atoms. The maximum Gasteiger partial charge on any atom is 0.251 e. The molecular formula is C12H26N2O2. The van der Waals surface area contributed by atoms with Crippen molar-refractivity contribution in [2.75, 3.05) is 13.7 Å².